The third-order valence-corrected chi connectivity index (χ3v) is 7.02. The summed E-state index contributed by atoms with van der Waals surface area (Å²) in [7, 11) is 1.66. The summed E-state index contributed by atoms with van der Waals surface area (Å²) in [5.41, 5.74) is 1.96. The molecule has 8 nitrogen and oxygen atoms in total. The standard InChI is InChI=1S/C26H30N6O2S/c1-34-22-12-7-9-20(16-22)28-18-24-30-31-26(32(24)21-10-3-2-4-11-21)35-15-14-25(33)29-23-13-6-5-8-19(23)17-27/h5-9,12-13,16,21,28H,2-4,10-11,14-15,18H2,1H3,(H,29,33). The molecule has 0 spiro atoms. The number of rotatable bonds is 10. The highest BCUT2D eigenvalue weighted by molar-refractivity contribution is 7.99. The number of methoxy groups -OCH3 is 1. The predicted molar refractivity (Wildman–Crippen MR) is 138 cm³/mol. The Morgan fingerprint density at radius 2 is 2.00 bits per heavy atom. The van der Waals surface area contributed by atoms with Gasteiger partial charge in [0.1, 0.15) is 11.8 Å². The largest absolute Gasteiger partial charge is 0.497 e. The fraction of sp³-hybridized carbons (Fsp3) is 0.385. The van der Waals surface area contributed by atoms with Crippen LogP contribution >= 0.6 is 11.8 Å². The van der Waals surface area contributed by atoms with E-state index in [1.807, 2.05) is 24.3 Å². The number of nitrogens with one attached hydrogen (secondary N) is 2. The second-order valence-electron chi connectivity index (χ2n) is 8.45. The number of thioether (sulfide) groups is 1. The molecule has 1 aliphatic carbocycles. The van der Waals surface area contributed by atoms with Crippen LogP contribution in [0.1, 0.15) is 56.0 Å². The smallest absolute Gasteiger partial charge is 0.225 e. The summed E-state index contributed by atoms with van der Waals surface area (Å²) in [5, 5.41) is 25.3. The molecule has 1 saturated carbocycles. The van der Waals surface area contributed by atoms with Crippen LogP contribution in [-0.2, 0) is 11.3 Å². The molecule has 1 aromatic heterocycles. The molecular weight excluding hydrogens is 460 g/mol. The Hall–Kier alpha value is -3.51. The lowest BCUT2D eigenvalue weighted by atomic mass is 9.95. The molecule has 1 heterocycles. The number of ether oxygens (including phenoxy) is 1. The van der Waals surface area contributed by atoms with Gasteiger partial charge in [0.15, 0.2) is 11.0 Å². The van der Waals surface area contributed by atoms with E-state index in [0.717, 1.165) is 35.3 Å². The highest BCUT2D eigenvalue weighted by Gasteiger charge is 2.23. The minimum absolute atomic E-state index is 0.121. The first-order valence-corrected chi connectivity index (χ1v) is 12.9. The molecule has 35 heavy (non-hydrogen) atoms. The highest BCUT2D eigenvalue weighted by atomic mass is 32.2. The number of hydrogen-bond acceptors (Lipinski definition) is 7. The van der Waals surface area contributed by atoms with Gasteiger partial charge in [0.2, 0.25) is 5.91 Å². The van der Waals surface area contributed by atoms with Gasteiger partial charge < -0.3 is 19.9 Å². The van der Waals surface area contributed by atoms with Crippen LogP contribution in [0, 0.1) is 11.3 Å². The zero-order chi connectivity index (χ0) is 24.5. The lowest BCUT2D eigenvalue weighted by Gasteiger charge is -2.25. The second kappa shape index (κ2) is 12.3. The van der Waals surface area contributed by atoms with E-state index in [1.54, 1.807) is 43.1 Å². The number of aromatic nitrogens is 3. The van der Waals surface area contributed by atoms with Gasteiger partial charge in [0.25, 0.3) is 0 Å². The minimum Gasteiger partial charge on any atom is -0.497 e. The number of carbonyl (C=O) groups is 1. The molecule has 2 N–H and O–H groups in total. The van der Waals surface area contributed by atoms with Crippen molar-refractivity contribution in [3.8, 4) is 11.8 Å². The Kier molecular flexibility index (Phi) is 8.63. The van der Waals surface area contributed by atoms with Crippen molar-refractivity contribution in [1.29, 1.82) is 5.26 Å². The Bertz CT molecular complexity index is 1180. The summed E-state index contributed by atoms with van der Waals surface area (Å²) in [6.07, 6.45) is 6.22. The molecule has 2 aromatic carbocycles. The molecule has 0 atom stereocenters. The maximum Gasteiger partial charge on any atom is 0.225 e. The summed E-state index contributed by atoms with van der Waals surface area (Å²) >= 11 is 1.55. The van der Waals surface area contributed by atoms with Crippen LogP contribution < -0.4 is 15.4 Å². The first-order chi connectivity index (χ1) is 17.2. The molecule has 0 aliphatic heterocycles. The van der Waals surface area contributed by atoms with Crippen molar-refractivity contribution in [3.05, 3.63) is 59.9 Å². The number of hydrogen-bond donors (Lipinski definition) is 2. The third kappa shape index (κ3) is 6.55. The molecule has 0 unspecified atom stereocenters. The monoisotopic (exact) mass is 490 g/mol. The zero-order valence-corrected chi connectivity index (χ0v) is 20.7. The molecule has 0 saturated heterocycles. The Labute approximate surface area is 210 Å². The van der Waals surface area contributed by atoms with Crippen LogP contribution in [0.4, 0.5) is 11.4 Å². The topological polar surface area (TPSA) is 105 Å². The van der Waals surface area contributed by atoms with Gasteiger partial charge in [-0.1, -0.05) is 49.2 Å². The maximum absolute atomic E-state index is 12.5. The molecule has 0 radical (unpaired) electrons. The number of nitrogens with zero attached hydrogens (tertiary/aromatic N) is 4. The van der Waals surface area contributed by atoms with Crippen LogP contribution in [0.2, 0.25) is 0 Å². The van der Waals surface area contributed by atoms with Gasteiger partial charge in [-0.3, -0.25) is 4.79 Å². The van der Waals surface area contributed by atoms with Gasteiger partial charge in [-0.05, 0) is 37.1 Å². The lowest BCUT2D eigenvalue weighted by Crippen LogP contribution is -2.18. The molecule has 9 heteroatoms. The van der Waals surface area contributed by atoms with Crippen LogP contribution in [-0.4, -0.2) is 33.5 Å². The van der Waals surface area contributed by atoms with E-state index in [2.05, 4.69) is 31.5 Å². The summed E-state index contributed by atoms with van der Waals surface area (Å²) in [4.78, 5) is 12.5. The SMILES string of the molecule is COc1cccc(NCc2nnc(SCCC(=O)Nc3ccccc3C#N)n2C2CCCCC2)c1. The van der Waals surface area contributed by atoms with Crippen molar-refractivity contribution >= 4 is 29.0 Å². The van der Waals surface area contributed by atoms with E-state index in [4.69, 9.17) is 4.74 Å². The number of nitriles is 1. The first-order valence-electron chi connectivity index (χ1n) is 11.9. The molecule has 1 aliphatic rings. The van der Waals surface area contributed by atoms with Gasteiger partial charge >= 0.3 is 0 Å². The molecule has 0 bridgehead atoms. The van der Waals surface area contributed by atoms with E-state index in [9.17, 15) is 10.1 Å². The fourth-order valence-corrected chi connectivity index (χ4v) is 5.25. The van der Waals surface area contributed by atoms with Crippen molar-refractivity contribution in [2.75, 3.05) is 23.5 Å². The van der Waals surface area contributed by atoms with Crippen molar-refractivity contribution in [1.82, 2.24) is 14.8 Å². The average molecular weight is 491 g/mol. The van der Waals surface area contributed by atoms with Gasteiger partial charge in [-0.15, -0.1) is 10.2 Å². The number of para-hydroxylation sites is 1. The first kappa shape index (κ1) is 24.6. The van der Waals surface area contributed by atoms with Gasteiger partial charge in [-0.2, -0.15) is 5.26 Å². The average Bonchev–Trinajstić information content (AvgIpc) is 3.31. The van der Waals surface area contributed by atoms with E-state index in [1.165, 1.54) is 19.3 Å². The van der Waals surface area contributed by atoms with Crippen LogP contribution in [0.5, 0.6) is 5.75 Å². The maximum atomic E-state index is 12.5. The fourth-order valence-electron chi connectivity index (χ4n) is 4.28. The summed E-state index contributed by atoms with van der Waals surface area (Å²) in [6.45, 7) is 0.558. The van der Waals surface area contributed by atoms with Crippen LogP contribution in [0.3, 0.4) is 0 Å². The quantitative estimate of drug-likeness (QED) is 0.367. The molecule has 3 aromatic rings. The molecular formula is C26H30N6O2S. The van der Waals surface area contributed by atoms with Crippen molar-refractivity contribution in [2.24, 2.45) is 0 Å². The number of anilines is 2. The molecule has 1 fully saturated rings. The van der Waals surface area contributed by atoms with Crippen molar-refractivity contribution in [3.63, 3.8) is 0 Å². The molecule has 182 valence electrons. The van der Waals surface area contributed by atoms with Gasteiger partial charge in [0.05, 0.1) is 24.9 Å². The van der Waals surface area contributed by atoms with Crippen LogP contribution in [0.25, 0.3) is 0 Å². The zero-order valence-electron chi connectivity index (χ0n) is 19.9. The lowest BCUT2D eigenvalue weighted by molar-refractivity contribution is -0.115. The summed E-state index contributed by atoms with van der Waals surface area (Å²) < 4.78 is 7.58. The number of amides is 1. The Balaban J connectivity index is 1.40. The van der Waals surface area contributed by atoms with Crippen molar-refractivity contribution < 1.29 is 9.53 Å². The predicted octanol–water partition coefficient (Wildman–Crippen LogP) is 5.40. The van der Waals surface area contributed by atoms with Crippen molar-refractivity contribution in [2.45, 2.75) is 56.3 Å². The van der Waals surface area contributed by atoms with Gasteiger partial charge in [-0.25, -0.2) is 0 Å². The number of benzene rings is 2. The normalized spacial score (nSPS) is 13.7. The Morgan fingerprint density at radius 1 is 1.17 bits per heavy atom. The summed E-state index contributed by atoms with van der Waals surface area (Å²) in [5.74, 6) is 2.16. The summed E-state index contributed by atoms with van der Waals surface area (Å²) in [6, 6.07) is 17.3. The van der Waals surface area contributed by atoms with E-state index < -0.39 is 0 Å². The highest BCUT2D eigenvalue weighted by Crippen LogP contribution is 2.33. The Morgan fingerprint density at radius 3 is 2.80 bits per heavy atom. The van der Waals surface area contributed by atoms with E-state index in [0.29, 0.717) is 36.0 Å². The third-order valence-electron chi connectivity index (χ3n) is 6.08. The molecule has 4 rings (SSSR count). The van der Waals surface area contributed by atoms with E-state index >= 15 is 0 Å². The minimum atomic E-state index is -0.121. The second-order valence-corrected chi connectivity index (χ2v) is 9.51. The number of carbonyl (C=O) groups excluding carboxylic acids is 1. The van der Waals surface area contributed by atoms with Gasteiger partial charge in [0, 0.05) is 30.0 Å². The van der Waals surface area contributed by atoms with Crippen LogP contribution in [0.15, 0.2) is 53.7 Å². The van der Waals surface area contributed by atoms with E-state index in [-0.39, 0.29) is 5.91 Å². The molecule has 1 amide bonds.